The molecule has 11 heavy (non-hydrogen) atoms. The first-order valence-electron chi connectivity index (χ1n) is 3.32. The first-order chi connectivity index (χ1) is 5.17. The molecule has 0 heterocycles. The summed E-state index contributed by atoms with van der Waals surface area (Å²) in [6.07, 6.45) is 4.63. The van der Waals surface area contributed by atoms with Crippen molar-refractivity contribution < 1.29 is 0 Å². The van der Waals surface area contributed by atoms with Crippen molar-refractivity contribution in [3.05, 3.63) is 48.6 Å². The summed E-state index contributed by atoms with van der Waals surface area (Å²) in [7, 11) is 0. The average Bonchev–Trinajstić information content (AvgIpc) is 2.05. The van der Waals surface area contributed by atoms with Gasteiger partial charge in [0.1, 0.15) is 0 Å². The molecule has 0 aliphatic rings. The van der Waals surface area contributed by atoms with Gasteiger partial charge in [0.25, 0.3) is 0 Å². The quantitative estimate of drug-likeness (QED) is 0.467. The predicted octanol–water partition coefficient (Wildman–Crippen LogP) is 2.88. The maximum absolute atomic E-state index is 7.00. The van der Waals surface area contributed by atoms with Crippen LogP contribution >= 0.6 is 0 Å². The maximum atomic E-state index is 7.00. The molecule has 0 amide bonds. The minimum absolute atomic E-state index is 0.806. The van der Waals surface area contributed by atoms with Crippen molar-refractivity contribution in [3.63, 3.8) is 0 Å². The lowest BCUT2D eigenvalue weighted by Crippen LogP contribution is -1.87. The molecular formula is C10H13N. The van der Waals surface area contributed by atoms with E-state index < -0.39 is 0 Å². The van der Waals surface area contributed by atoms with Crippen molar-refractivity contribution in [3.8, 4) is 0 Å². The molecule has 1 N–H and O–H groups in total. The highest BCUT2D eigenvalue weighted by atomic mass is 14.3. The second-order valence-corrected chi connectivity index (χ2v) is 2.17. The van der Waals surface area contributed by atoms with Crippen molar-refractivity contribution in [1.29, 1.82) is 5.41 Å². The zero-order chi connectivity index (χ0) is 8.85. The van der Waals surface area contributed by atoms with Crippen LogP contribution < -0.4 is 0 Å². The summed E-state index contributed by atoms with van der Waals surface area (Å²) < 4.78 is 0. The first kappa shape index (κ1) is 9.63. The third kappa shape index (κ3) is 2.38. The Morgan fingerprint density at radius 2 is 1.82 bits per heavy atom. The molecule has 0 spiro atoms. The van der Waals surface area contributed by atoms with Gasteiger partial charge in [0.2, 0.25) is 0 Å². The molecule has 0 unspecified atom stereocenters. The van der Waals surface area contributed by atoms with E-state index in [1.54, 1.807) is 12.2 Å². The van der Waals surface area contributed by atoms with Crippen LogP contribution in [0, 0.1) is 5.41 Å². The van der Waals surface area contributed by atoms with E-state index in [-0.39, 0.29) is 0 Å². The molecule has 0 aliphatic heterocycles. The second kappa shape index (κ2) is 4.45. The topological polar surface area (TPSA) is 23.9 Å². The van der Waals surface area contributed by atoms with Crippen LogP contribution in [0.25, 0.3) is 0 Å². The largest absolute Gasteiger partial charge is 0.308 e. The molecule has 0 rings (SSSR count). The summed E-state index contributed by atoms with van der Waals surface area (Å²) in [6, 6.07) is 0. The van der Waals surface area contributed by atoms with Gasteiger partial charge in [-0.25, -0.2) is 0 Å². The van der Waals surface area contributed by atoms with Crippen LogP contribution in [0.4, 0.5) is 0 Å². The van der Waals surface area contributed by atoms with Crippen LogP contribution in [0.5, 0.6) is 0 Å². The lowest BCUT2D eigenvalue weighted by Gasteiger charge is -2.02. The molecule has 1 heteroatoms. The summed E-state index contributed by atoms with van der Waals surface area (Å²) >= 11 is 0. The monoisotopic (exact) mass is 147 g/mol. The summed E-state index contributed by atoms with van der Waals surface area (Å²) in [6.45, 7) is 12.8. The van der Waals surface area contributed by atoms with E-state index in [1.165, 1.54) is 6.21 Å². The van der Waals surface area contributed by atoms with Gasteiger partial charge in [-0.2, -0.15) is 0 Å². The fourth-order valence-electron chi connectivity index (χ4n) is 0.733. The fourth-order valence-corrected chi connectivity index (χ4v) is 0.733. The Balaban J connectivity index is 4.93. The van der Waals surface area contributed by atoms with Crippen LogP contribution in [-0.2, 0) is 0 Å². The number of allylic oxidation sites excluding steroid dienone is 5. The van der Waals surface area contributed by atoms with Crippen molar-refractivity contribution in [1.82, 2.24) is 0 Å². The lowest BCUT2D eigenvalue weighted by atomic mass is 10.0. The highest BCUT2D eigenvalue weighted by Gasteiger charge is 1.96. The van der Waals surface area contributed by atoms with Gasteiger partial charge in [0.15, 0.2) is 0 Å². The Bertz CT molecular complexity index is 231. The van der Waals surface area contributed by atoms with E-state index in [0.717, 1.165) is 16.7 Å². The molecule has 0 fully saturated rings. The standard InChI is InChI=1S/C10H13N/c1-5-8(3)10(6-2)9(4)7-11/h5-7,11H,1-3H2,4H3/b10-9-,11-7?. The summed E-state index contributed by atoms with van der Waals surface area (Å²) in [5.41, 5.74) is 2.54. The van der Waals surface area contributed by atoms with Crippen molar-refractivity contribution >= 4 is 6.21 Å². The van der Waals surface area contributed by atoms with Gasteiger partial charge in [-0.1, -0.05) is 31.9 Å². The molecule has 0 aromatic rings. The Kier molecular flexibility index (Phi) is 3.89. The third-order valence-electron chi connectivity index (χ3n) is 1.44. The lowest BCUT2D eigenvalue weighted by molar-refractivity contribution is 1.43. The smallest absolute Gasteiger partial charge is 0.0213 e. The van der Waals surface area contributed by atoms with Gasteiger partial charge < -0.3 is 5.41 Å². The minimum atomic E-state index is 0.806. The van der Waals surface area contributed by atoms with Crippen LogP contribution in [-0.4, -0.2) is 6.21 Å². The maximum Gasteiger partial charge on any atom is 0.0213 e. The van der Waals surface area contributed by atoms with Gasteiger partial charge in [-0.05, 0) is 23.6 Å². The van der Waals surface area contributed by atoms with E-state index in [9.17, 15) is 0 Å². The number of hydrogen-bond acceptors (Lipinski definition) is 1. The Labute approximate surface area is 68.0 Å². The molecule has 1 nitrogen and oxygen atoms in total. The average molecular weight is 147 g/mol. The van der Waals surface area contributed by atoms with E-state index in [2.05, 4.69) is 19.7 Å². The van der Waals surface area contributed by atoms with Crippen LogP contribution in [0.15, 0.2) is 48.6 Å². The van der Waals surface area contributed by atoms with Crippen LogP contribution in [0.2, 0.25) is 0 Å². The molecular weight excluding hydrogens is 134 g/mol. The normalized spacial score (nSPS) is 11.4. The fraction of sp³-hybridized carbons (Fsp3) is 0.100. The van der Waals surface area contributed by atoms with Gasteiger partial charge in [0, 0.05) is 6.21 Å². The van der Waals surface area contributed by atoms with Crippen molar-refractivity contribution in [2.75, 3.05) is 0 Å². The molecule has 0 aliphatic carbocycles. The Morgan fingerprint density at radius 1 is 1.27 bits per heavy atom. The van der Waals surface area contributed by atoms with Gasteiger partial charge in [0.05, 0.1) is 0 Å². The summed E-state index contributed by atoms with van der Waals surface area (Å²) in [5.74, 6) is 0. The predicted molar refractivity (Wildman–Crippen MR) is 51.0 cm³/mol. The molecule has 0 atom stereocenters. The van der Waals surface area contributed by atoms with Gasteiger partial charge >= 0.3 is 0 Å². The molecule has 0 saturated carbocycles. The van der Waals surface area contributed by atoms with E-state index >= 15 is 0 Å². The van der Waals surface area contributed by atoms with Gasteiger partial charge in [-0.15, -0.1) is 0 Å². The van der Waals surface area contributed by atoms with Crippen molar-refractivity contribution in [2.45, 2.75) is 6.92 Å². The number of hydrogen-bond donors (Lipinski definition) is 1. The minimum Gasteiger partial charge on any atom is -0.308 e. The molecule has 0 aromatic heterocycles. The van der Waals surface area contributed by atoms with E-state index in [4.69, 9.17) is 5.41 Å². The number of rotatable bonds is 4. The third-order valence-corrected chi connectivity index (χ3v) is 1.44. The highest BCUT2D eigenvalue weighted by molar-refractivity contribution is 5.79. The molecule has 0 aromatic carbocycles. The SMILES string of the molecule is C=CC(=C)/C(C=C)=C(/C)C=N. The zero-order valence-electron chi connectivity index (χ0n) is 6.85. The van der Waals surface area contributed by atoms with Gasteiger partial charge in [-0.3, -0.25) is 0 Å². The summed E-state index contributed by atoms with van der Waals surface area (Å²) in [5, 5.41) is 7.00. The molecule has 0 bridgehead atoms. The first-order valence-corrected chi connectivity index (χ1v) is 3.32. The van der Waals surface area contributed by atoms with Crippen LogP contribution in [0.3, 0.4) is 0 Å². The zero-order valence-corrected chi connectivity index (χ0v) is 6.85. The number of nitrogens with one attached hydrogen (secondary N) is 1. The Hall–Kier alpha value is -1.37. The molecule has 0 radical (unpaired) electrons. The molecule has 0 saturated heterocycles. The molecule has 58 valence electrons. The van der Waals surface area contributed by atoms with E-state index in [1.807, 2.05) is 6.92 Å². The van der Waals surface area contributed by atoms with E-state index in [0.29, 0.717) is 0 Å². The highest BCUT2D eigenvalue weighted by Crippen LogP contribution is 2.13. The van der Waals surface area contributed by atoms with Crippen LogP contribution in [0.1, 0.15) is 6.92 Å². The van der Waals surface area contributed by atoms with Crippen molar-refractivity contribution in [2.24, 2.45) is 0 Å². The Morgan fingerprint density at radius 3 is 2.09 bits per heavy atom. The summed E-state index contributed by atoms with van der Waals surface area (Å²) in [4.78, 5) is 0. The second-order valence-electron chi connectivity index (χ2n) is 2.17.